The number of unbranched alkanes of at least 4 members (excludes halogenated alkanes) is 20. The number of carbonyl (C=O) groups is 6. The van der Waals surface area contributed by atoms with Crippen LogP contribution in [0.3, 0.4) is 0 Å². The predicted molar refractivity (Wildman–Crippen MR) is 310 cm³/mol. The zero-order valence-electron chi connectivity index (χ0n) is 51.0. The standard InChI is InChI=1S/C35H63NO7.2C10H19O2.C3H5O.2C2H6.W/c1-6-10-12-14-16-18-20-29(5)42-27-30(25-33(37)40-24-19-17-15-13-11-7-2)26-34(38)43-28-32-22-21-31(9-4)36(32)35(39)41-23-8-3;2*1-3-4-5-6-7-8-9-12-10(2)11;1-3(2)4;2*1-2;/h30-32H,5-28H2,1-4H3;2*2-9H2,1H3;1H2,2H3;2*1-2H3;/q;3*-1;;;. The number of nitrogens with zero attached hydrogens (tertiary/aromatic N) is 1. The van der Waals surface area contributed by atoms with Crippen molar-refractivity contribution in [2.75, 3.05) is 39.6 Å². The number of carbonyl (C=O) groups excluding carboxylic acids is 6. The molecular formula is C62H118NO12W-3. The van der Waals surface area contributed by atoms with Gasteiger partial charge in [0.2, 0.25) is 0 Å². The number of hydrogen-bond acceptors (Lipinski definition) is 12. The molecule has 76 heavy (non-hydrogen) atoms. The molecule has 1 heterocycles. The molecule has 0 aliphatic carbocycles. The van der Waals surface area contributed by atoms with Crippen molar-refractivity contribution in [2.24, 2.45) is 5.92 Å². The molecule has 1 saturated heterocycles. The first-order valence-corrected chi connectivity index (χ1v) is 30.0. The van der Waals surface area contributed by atoms with Gasteiger partial charge in [-0.2, -0.15) is 0 Å². The average Bonchev–Trinajstić information content (AvgIpc) is 3.81. The van der Waals surface area contributed by atoms with Crippen LogP contribution in [0.25, 0.3) is 0 Å². The minimum Gasteiger partial charge on any atom is -0.498 e. The maximum Gasteiger partial charge on any atom is 0.410 e. The number of rotatable bonds is 40. The van der Waals surface area contributed by atoms with Gasteiger partial charge in [-0.1, -0.05) is 204 Å². The van der Waals surface area contributed by atoms with Crippen molar-refractivity contribution in [1.29, 1.82) is 0 Å². The van der Waals surface area contributed by atoms with Crippen LogP contribution in [0.1, 0.15) is 275 Å². The first-order chi connectivity index (χ1) is 36.1. The topological polar surface area (TPSA) is 161 Å². The monoisotopic (exact) mass is 1250 g/mol. The minimum absolute atomic E-state index is 0. The Morgan fingerprint density at radius 2 is 0.829 bits per heavy atom. The van der Waals surface area contributed by atoms with Gasteiger partial charge in [-0.05, 0) is 64.1 Å². The maximum atomic E-state index is 12.9. The van der Waals surface area contributed by atoms with E-state index in [2.05, 4.69) is 62.0 Å². The minimum atomic E-state index is -0.413. The molecule has 1 amide bonds. The SMILES string of the molecule is C=C(CCCCCCCC)OCC(CC(=O)OCCCCCCCC)CC(=O)OCC1CCC(CC)N1C(=O)OCCC.CC.CC.[CH2-]C(=O)OCCCCCCCC.[CH2-]C(=O)OCCCCCCCC.[CH2-]C(C)=O.[W]. The summed E-state index contributed by atoms with van der Waals surface area (Å²) in [6.45, 7) is 37.7. The van der Waals surface area contributed by atoms with Gasteiger partial charge in [0, 0.05) is 39.4 Å². The molecule has 0 bridgehead atoms. The molecule has 0 aromatic carbocycles. The summed E-state index contributed by atoms with van der Waals surface area (Å²) in [6, 6.07) is -0.111. The number of allylic oxidation sites excluding steroid dienone is 1. The summed E-state index contributed by atoms with van der Waals surface area (Å²) in [5.41, 5.74) is 0. The molecule has 0 aromatic rings. The third-order valence-electron chi connectivity index (χ3n) is 11.7. The zero-order chi connectivity index (χ0) is 57.8. The Bertz CT molecular complexity index is 1280. The number of Topliss-reactive ketones (excluding diaryl/α,β-unsaturated/α-hetero) is 1. The number of ketones is 1. The van der Waals surface area contributed by atoms with Gasteiger partial charge in [0.25, 0.3) is 0 Å². The smallest absolute Gasteiger partial charge is 0.410 e. The van der Waals surface area contributed by atoms with Crippen LogP contribution in [0.5, 0.6) is 0 Å². The zero-order valence-corrected chi connectivity index (χ0v) is 53.9. The molecule has 14 heteroatoms. The molecular weight excluding hydrogens is 1130 g/mol. The largest absolute Gasteiger partial charge is 0.498 e. The van der Waals surface area contributed by atoms with Crippen molar-refractivity contribution in [3.8, 4) is 0 Å². The normalized spacial score (nSPS) is 13.2. The Morgan fingerprint density at radius 3 is 1.21 bits per heavy atom. The van der Waals surface area contributed by atoms with Crippen molar-refractivity contribution in [3.05, 3.63) is 33.1 Å². The van der Waals surface area contributed by atoms with Gasteiger partial charge in [-0.15, -0.1) is 0 Å². The van der Waals surface area contributed by atoms with Crippen molar-refractivity contribution in [1.82, 2.24) is 4.90 Å². The van der Waals surface area contributed by atoms with E-state index in [1.807, 2.05) is 34.6 Å². The summed E-state index contributed by atoms with van der Waals surface area (Å²) >= 11 is 0. The molecule has 1 aliphatic heterocycles. The van der Waals surface area contributed by atoms with Gasteiger partial charge < -0.3 is 40.1 Å². The molecule has 3 atom stereocenters. The second-order valence-electron chi connectivity index (χ2n) is 18.8. The number of esters is 4. The van der Waals surface area contributed by atoms with E-state index >= 15 is 0 Å². The fourth-order valence-corrected chi connectivity index (χ4v) is 7.67. The van der Waals surface area contributed by atoms with Gasteiger partial charge in [0.1, 0.15) is 6.61 Å². The van der Waals surface area contributed by atoms with Gasteiger partial charge in [0.05, 0.1) is 57.7 Å². The van der Waals surface area contributed by atoms with Crippen LogP contribution >= 0.6 is 0 Å². The summed E-state index contributed by atoms with van der Waals surface area (Å²) in [4.78, 5) is 69.8. The number of hydrogen-bond donors (Lipinski definition) is 0. The molecule has 452 valence electrons. The van der Waals surface area contributed by atoms with E-state index in [-0.39, 0.29) is 83.0 Å². The van der Waals surface area contributed by atoms with E-state index in [4.69, 9.17) is 28.4 Å². The first-order valence-electron chi connectivity index (χ1n) is 30.0. The summed E-state index contributed by atoms with van der Waals surface area (Å²) in [5.74, 6) is -1.31. The number of likely N-dealkylation sites (tertiary alicyclic amines) is 1. The number of ether oxygens (including phenoxy) is 6. The van der Waals surface area contributed by atoms with Crippen LogP contribution in [-0.4, -0.2) is 92.4 Å². The molecule has 0 saturated carbocycles. The fourth-order valence-electron chi connectivity index (χ4n) is 7.67. The molecule has 0 aromatic heterocycles. The van der Waals surface area contributed by atoms with Crippen LogP contribution < -0.4 is 0 Å². The van der Waals surface area contributed by atoms with E-state index in [1.54, 1.807) is 4.90 Å². The quantitative estimate of drug-likeness (QED) is 0.0188. The van der Waals surface area contributed by atoms with E-state index in [1.165, 1.54) is 103 Å². The summed E-state index contributed by atoms with van der Waals surface area (Å²) in [7, 11) is 0. The van der Waals surface area contributed by atoms with Gasteiger partial charge in [0.15, 0.2) is 11.9 Å². The van der Waals surface area contributed by atoms with Crippen molar-refractivity contribution in [3.63, 3.8) is 0 Å². The second kappa shape index (κ2) is 67.8. The molecule has 0 radical (unpaired) electrons. The van der Waals surface area contributed by atoms with Crippen LogP contribution in [-0.2, 0) is 73.5 Å². The summed E-state index contributed by atoms with van der Waals surface area (Å²) in [5, 5.41) is 0. The molecule has 1 aliphatic rings. The van der Waals surface area contributed by atoms with Crippen LogP contribution in [0.4, 0.5) is 4.79 Å². The molecule has 0 spiro atoms. The second-order valence-corrected chi connectivity index (χ2v) is 18.8. The van der Waals surface area contributed by atoms with Crippen LogP contribution in [0.15, 0.2) is 12.3 Å². The van der Waals surface area contributed by atoms with Crippen molar-refractivity contribution >= 4 is 35.8 Å². The van der Waals surface area contributed by atoms with E-state index in [9.17, 15) is 28.8 Å². The fraction of sp³-hybridized carbons (Fsp3) is 0.823. The van der Waals surface area contributed by atoms with E-state index in [0.717, 1.165) is 89.9 Å². The predicted octanol–water partition coefficient (Wildman–Crippen LogP) is 16.8. The van der Waals surface area contributed by atoms with Gasteiger partial charge >= 0.3 is 18.0 Å². The van der Waals surface area contributed by atoms with Crippen LogP contribution in [0, 0.1) is 26.7 Å². The van der Waals surface area contributed by atoms with Gasteiger partial charge in [-0.25, -0.2) is 4.79 Å². The molecule has 1 rings (SSSR count). The molecule has 3 unspecified atom stereocenters. The summed E-state index contributed by atoms with van der Waals surface area (Å²) < 4.78 is 31.9. The van der Waals surface area contributed by atoms with E-state index in [0.29, 0.717) is 32.2 Å². The van der Waals surface area contributed by atoms with Crippen molar-refractivity contribution < 1.29 is 78.3 Å². The van der Waals surface area contributed by atoms with Crippen molar-refractivity contribution in [2.45, 2.75) is 287 Å². The molecule has 0 N–H and O–H groups in total. The third-order valence-corrected chi connectivity index (χ3v) is 11.7. The Labute approximate surface area is 482 Å². The average molecular weight is 1250 g/mol. The first kappa shape index (κ1) is 84.0. The maximum absolute atomic E-state index is 12.9. The Balaban J connectivity index is -0.000000300. The Hall–Kier alpha value is -3.34. The van der Waals surface area contributed by atoms with Crippen LogP contribution in [0.2, 0.25) is 0 Å². The van der Waals surface area contributed by atoms with E-state index < -0.39 is 17.9 Å². The molecule has 13 nitrogen and oxygen atoms in total. The Kier molecular flexibility index (Phi) is 74.9. The van der Waals surface area contributed by atoms with Gasteiger partial charge in [-0.3, -0.25) is 37.9 Å². The number of amides is 1. The third kappa shape index (κ3) is 64.9. The Morgan fingerprint density at radius 1 is 0.474 bits per heavy atom. The molecule has 1 fully saturated rings. The summed E-state index contributed by atoms with van der Waals surface area (Å²) in [6.07, 6.45) is 32.2.